The Morgan fingerprint density at radius 3 is 3.00 bits per heavy atom. The third kappa shape index (κ3) is 3.20. The van der Waals surface area contributed by atoms with E-state index in [1.807, 2.05) is 12.1 Å². The van der Waals surface area contributed by atoms with Crippen LogP contribution < -0.4 is 5.32 Å². The van der Waals surface area contributed by atoms with Crippen molar-refractivity contribution in [1.82, 2.24) is 5.32 Å². The molecule has 17 heavy (non-hydrogen) atoms. The Bertz CT molecular complexity index is 365. The quantitative estimate of drug-likeness (QED) is 0.685. The van der Waals surface area contributed by atoms with Gasteiger partial charge in [0.25, 0.3) is 0 Å². The zero-order valence-corrected chi connectivity index (χ0v) is 10.2. The van der Waals surface area contributed by atoms with Gasteiger partial charge in [0.05, 0.1) is 0 Å². The standard InChI is InChI=1S/C14H21NO2/c16-9-2-1-8-15-14-5-3-4-11-10-12(17)6-7-13(11)14/h6-7,10,14-17H,1-5,8-9H2. The van der Waals surface area contributed by atoms with Gasteiger partial charge in [-0.3, -0.25) is 0 Å². The Kier molecular flexibility index (Phi) is 4.40. The summed E-state index contributed by atoms with van der Waals surface area (Å²) < 4.78 is 0. The van der Waals surface area contributed by atoms with Crippen molar-refractivity contribution in [2.24, 2.45) is 0 Å². The molecule has 0 radical (unpaired) electrons. The SMILES string of the molecule is OCCCCNC1CCCc2cc(O)ccc21. The topological polar surface area (TPSA) is 52.5 Å². The molecule has 1 aromatic carbocycles. The van der Waals surface area contributed by atoms with Crippen LogP contribution in [0.2, 0.25) is 0 Å². The first-order valence-corrected chi connectivity index (χ1v) is 6.47. The Morgan fingerprint density at radius 2 is 2.18 bits per heavy atom. The molecule has 3 nitrogen and oxygen atoms in total. The molecule has 0 spiro atoms. The minimum absolute atomic E-state index is 0.275. The molecule has 3 N–H and O–H groups in total. The number of fused-ring (bicyclic) bond motifs is 1. The number of hydrogen-bond donors (Lipinski definition) is 3. The predicted molar refractivity (Wildman–Crippen MR) is 68.1 cm³/mol. The predicted octanol–water partition coefficient (Wildman–Crippen LogP) is 2.13. The first-order valence-electron chi connectivity index (χ1n) is 6.47. The van der Waals surface area contributed by atoms with Crippen LogP contribution in [0.5, 0.6) is 5.75 Å². The summed E-state index contributed by atoms with van der Waals surface area (Å²) in [4.78, 5) is 0. The van der Waals surface area contributed by atoms with Crippen LogP contribution in [0.15, 0.2) is 18.2 Å². The number of rotatable bonds is 5. The number of benzene rings is 1. The van der Waals surface area contributed by atoms with Crippen molar-refractivity contribution in [2.75, 3.05) is 13.2 Å². The highest BCUT2D eigenvalue weighted by molar-refractivity contribution is 5.38. The zero-order chi connectivity index (χ0) is 12.1. The molecule has 3 heteroatoms. The Hall–Kier alpha value is -1.06. The molecule has 0 aromatic heterocycles. The molecule has 0 saturated carbocycles. The van der Waals surface area contributed by atoms with E-state index in [1.54, 1.807) is 6.07 Å². The van der Waals surface area contributed by atoms with Gasteiger partial charge in [0.15, 0.2) is 0 Å². The van der Waals surface area contributed by atoms with Crippen molar-refractivity contribution >= 4 is 0 Å². The highest BCUT2D eigenvalue weighted by Gasteiger charge is 2.19. The third-order valence-electron chi connectivity index (χ3n) is 3.42. The first kappa shape index (κ1) is 12.4. The van der Waals surface area contributed by atoms with Crippen LogP contribution in [0.25, 0.3) is 0 Å². The van der Waals surface area contributed by atoms with Crippen LogP contribution in [-0.2, 0) is 6.42 Å². The van der Waals surface area contributed by atoms with E-state index >= 15 is 0 Å². The number of phenols is 1. The molecule has 1 atom stereocenters. The molecule has 0 fully saturated rings. The summed E-state index contributed by atoms with van der Waals surface area (Å²) in [5, 5.41) is 21.7. The largest absolute Gasteiger partial charge is 0.508 e. The van der Waals surface area contributed by atoms with Crippen molar-refractivity contribution in [3.05, 3.63) is 29.3 Å². The van der Waals surface area contributed by atoms with Gasteiger partial charge >= 0.3 is 0 Å². The minimum atomic E-state index is 0.275. The van der Waals surface area contributed by atoms with Gasteiger partial charge in [0.2, 0.25) is 0 Å². The summed E-state index contributed by atoms with van der Waals surface area (Å²) in [7, 11) is 0. The normalized spacial score (nSPS) is 19.0. The molecule has 1 aromatic rings. The van der Waals surface area contributed by atoms with E-state index in [1.165, 1.54) is 17.5 Å². The molecule has 0 saturated heterocycles. The number of aliphatic hydroxyl groups is 1. The summed E-state index contributed by atoms with van der Waals surface area (Å²) in [6.07, 6.45) is 5.28. The van der Waals surface area contributed by atoms with Crippen molar-refractivity contribution in [2.45, 2.75) is 38.1 Å². The maximum absolute atomic E-state index is 9.47. The molecule has 0 bridgehead atoms. The summed E-state index contributed by atoms with van der Waals surface area (Å²) in [5.74, 6) is 0.365. The van der Waals surface area contributed by atoms with Crippen LogP contribution in [0.3, 0.4) is 0 Å². The zero-order valence-electron chi connectivity index (χ0n) is 10.2. The van der Waals surface area contributed by atoms with Crippen molar-refractivity contribution < 1.29 is 10.2 Å². The molecular formula is C14H21NO2. The summed E-state index contributed by atoms with van der Waals surface area (Å²) >= 11 is 0. The van der Waals surface area contributed by atoms with Gasteiger partial charge in [-0.1, -0.05) is 6.07 Å². The molecule has 1 unspecified atom stereocenters. The summed E-state index contributed by atoms with van der Waals surface area (Å²) in [5.41, 5.74) is 2.61. The van der Waals surface area contributed by atoms with Gasteiger partial charge in [0.1, 0.15) is 5.75 Å². The van der Waals surface area contributed by atoms with Gasteiger partial charge in [-0.15, -0.1) is 0 Å². The highest BCUT2D eigenvalue weighted by Crippen LogP contribution is 2.31. The second-order valence-corrected chi connectivity index (χ2v) is 4.71. The van der Waals surface area contributed by atoms with Crippen molar-refractivity contribution in [1.29, 1.82) is 0 Å². The lowest BCUT2D eigenvalue weighted by atomic mass is 9.87. The number of nitrogens with one attached hydrogen (secondary N) is 1. The van der Waals surface area contributed by atoms with Crippen molar-refractivity contribution in [3.8, 4) is 5.75 Å². The smallest absolute Gasteiger partial charge is 0.115 e. The molecule has 94 valence electrons. The van der Waals surface area contributed by atoms with Crippen LogP contribution >= 0.6 is 0 Å². The lowest BCUT2D eigenvalue weighted by Crippen LogP contribution is -2.26. The third-order valence-corrected chi connectivity index (χ3v) is 3.42. The van der Waals surface area contributed by atoms with E-state index in [-0.39, 0.29) is 6.61 Å². The maximum Gasteiger partial charge on any atom is 0.115 e. The molecule has 1 aliphatic rings. The lowest BCUT2D eigenvalue weighted by molar-refractivity contribution is 0.282. The van der Waals surface area contributed by atoms with Gasteiger partial charge in [-0.05, 0) is 61.9 Å². The average molecular weight is 235 g/mol. The minimum Gasteiger partial charge on any atom is -0.508 e. The van der Waals surface area contributed by atoms with E-state index in [0.29, 0.717) is 11.8 Å². The summed E-state index contributed by atoms with van der Waals surface area (Å²) in [6, 6.07) is 6.11. The van der Waals surface area contributed by atoms with E-state index in [9.17, 15) is 5.11 Å². The van der Waals surface area contributed by atoms with Crippen LogP contribution in [0, 0.1) is 0 Å². The molecule has 1 aliphatic carbocycles. The number of aryl methyl sites for hydroxylation is 1. The van der Waals surface area contributed by atoms with Gasteiger partial charge in [-0.25, -0.2) is 0 Å². The number of unbranched alkanes of at least 4 members (excludes halogenated alkanes) is 1. The van der Waals surface area contributed by atoms with E-state index < -0.39 is 0 Å². The lowest BCUT2D eigenvalue weighted by Gasteiger charge is -2.26. The molecular weight excluding hydrogens is 214 g/mol. The van der Waals surface area contributed by atoms with Gasteiger partial charge in [0, 0.05) is 12.6 Å². The first-order chi connectivity index (χ1) is 8.31. The van der Waals surface area contributed by atoms with Gasteiger partial charge in [-0.2, -0.15) is 0 Å². The van der Waals surface area contributed by atoms with Gasteiger partial charge < -0.3 is 15.5 Å². The molecule has 0 amide bonds. The Balaban J connectivity index is 1.97. The van der Waals surface area contributed by atoms with E-state index in [4.69, 9.17) is 5.11 Å². The second kappa shape index (κ2) is 6.03. The number of aromatic hydroxyl groups is 1. The Morgan fingerprint density at radius 1 is 1.29 bits per heavy atom. The fraction of sp³-hybridized carbons (Fsp3) is 0.571. The fourth-order valence-electron chi connectivity index (χ4n) is 2.53. The Labute approximate surface area is 102 Å². The average Bonchev–Trinajstić information content (AvgIpc) is 2.34. The maximum atomic E-state index is 9.47. The number of hydrogen-bond acceptors (Lipinski definition) is 3. The van der Waals surface area contributed by atoms with Crippen LogP contribution in [-0.4, -0.2) is 23.4 Å². The molecule has 0 heterocycles. The second-order valence-electron chi connectivity index (χ2n) is 4.71. The molecule has 2 rings (SSSR count). The number of phenolic OH excluding ortho intramolecular Hbond substituents is 1. The highest BCUT2D eigenvalue weighted by atomic mass is 16.3. The van der Waals surface area contributed by atoms with Crippen LogP contribution in [0.4, 0.5) is 0 Å². The van der Waals surface area contributed by atoms with E-state index in [2.05, 4.69) is 5.32 Å². The summed E-state index contributed by atoms with van der Waals surface area (Å²) in [6.45, 7) is 1.22. The number of aliphatic hydroxyl groups excluding tert-OH is 1. The van der Waals surface area contributed by atoms with Crippen molar-refractivity contribution in [3.63, 3.8) is 0 Å². The molecule has 0 aliphatic heterocycles. The van der Waals surface area contributed by atoms with E-state index in [0.717, 1.165) is 32.2 Å². The monoisotopic (exact) mass is 235 g/mol. The fourth-order valence-corrected chi connectivity index (χ4v) is 2.53. The van der Waals surface area contributed by atoms with Crippen LogP contribution in [0.1, 0.15) is 42.9 Å².